The SMILES string of the molecule is CCCNC(c1cc(C)ccc1F)C(C)CC. The van der Waals surface area contributed by atoms with Gasteiger partial charge in [-0.2, -0.15) is 0 Å². The maximum atomic E-state index is 13.9. The van der Waals surface area contributed by atoms with E-state index in [0.29, 0.717) is 5.92 Å². The van der Waals surface area contributed by atoms with E-state index in [1.54, 1.807) is 6.07 Å². The van der Waals surface area contributed by atoms with Crippen LogP contribution in [0, 0.1) is 18.7 Å². The smallest absolute Gasteiger partial charge is 0.128 e. The third kappa shape index (κ3) is 3.81. The summed E-state index contributed by atoms with van der Waals surface area (Å²) in [6.45, 7) is 9.40. The average molecular weight is 237 g/mol. The second-order valence-corrected chi connectivity index (χ2v) is 4.84. The first-order valence-corrected chi connectivity index (χ1v) is 6.59. The van der Waals surface area contributed by atoms with E-state index in [2.05, 4.69) is 26.1 Å². The fourth-order valence-corrected chi connectivity index (χ4v) is 2.05. The molecule has 1 rings (SSSR count). The molecule has 0 fully saturated rings. The summed E-state index contributed by atoms with van der Waals surface area (Å²) in [7, 11) is 0. The van der Waals surface area contributed by atoms with Crippen molar-refractivity contribution in [3.63, 3.8) is 0 Å². The van der Waals surface area contributed by atoms with Crippen LogP contribution in [0.5, 0.6) is 0 Å². The van der Waals surface area contributed by atoms with Crippen LogP contribution in [-0.2, 0) is 0 Å². The highest BCUT2D eigenvalue weighted by Crippen LogP contribution is 2.27. The summed E-state index contributed by atoms with van der Waals surface area (Å²) >= 11 is 0. The van der Waals surface area contributed by atoms with Crippen LogP contribution in [0.1, 0.15) is 50.8 Å². The van der Waals surface area contributed by atoms with Crippen molar-refractivity contribution in [1.82, 2.24) is 5.32 Å². The summed E-state index contributed by atoms with van der Waals surface area (Å²) in [6.07, 6.45) is 2.12. The Hall–Kier alpha value is -0.890. The number of aryl methyl sites for hydroxylation is 1. The van der Waals surface area contributed by atoms with Crippen LogP contribution in [0.3, 0.4) is 0 Å². The molecule has 0 radical (unpaired) electrons. The third-order valence-corrected chi connectivity index (χ3v) is 3.31. The molecule has 0 aliphatic carbocycles. The van der Waals surface area contributed by atoms with E-state index in [0.717, 1.165) is 30.5 Å². The Labute approximate surface area is 104 Å². The quantitative estimate of drug-likeness (QED) is 0.781. The predicted octanol–water partition coefficient (Wildman–Crippen LogP) is 4.22. The van der Waals surface area contributed by atoms with Gasteiger partial charge in [0.2, 0.25) is 0 Å². The van der Waals surface area contributed by atoms with Gasteiger partial charge in [0.05, 0.1) is 0 Å². The van der Waals surface area contributed by atoms with E-state index in [1.165, 1.54) is 0 Å². The fraction of sp³-hybridized carbons (Fsp3) is 0.600. The lowest BCUT2D eigenvalue weighted by molar-refractivity contribution is 0.366. The molecule has 0 aromatic heterocycles. The van der Waals surface area contributed by atoms with E-state index < -0.39 is 0 Å². The number of halogens is 1. The molecule has 0 spiro atoms. The topological polar surface area (TPSA) is 12.0 Å². The van der Waals surface area contributed by atoms with Crippen molar-refractivity contribution in [2.45, 2.75) is 46.6 Å². The molecule has 0 aliphatic rings. The standard InChI is InChI=1S/C15H24FN/c1-5-9-17-15(12(4)6-2)13-10-11(3)7-8-14(13)16/h7-8,10,12,15,17H,5-6,9H2,1-4H3. The Morgan fingerprint density at radius 3 is 2.59 bits per heavy atom. The summed E-state index contributed by atoms with van der Waals surface area (Å²) in [4.78, 5) is 0. The van der Waals surface area contributed by atoms with Crippen LogP contribution in [0.15, 0.2) is 18.2 Å². The molecule has 0 aliphatic heterocycles. The Kier molecular flexibility index (Phi) is 5.63. The molecule has 0 bridgehead atoms. The van der Waals surface area contributed by atoms with E-state index in [-0.39, 0.29) is 11.9 Å². The Balaban J connectivity index is 2.98. The van der Waals surface area contributed by atoms with Gasteiger partial charge in [-0.3, -0.25) is 0 Å². The second-order valence-electron chi connectivity index (χ2n) is 4.84. The maximum Gasteiger partial charge on any atom is 0.128 e. The van der Waals surface area contributed by atoms with Gasteiger partial charge in [-0.05, 0) is 31.9 Å². The fourth-order valence-electron chi connectivity index (χ4n) is 2.05. The lowest BCUT2D eigenvalue weighted by Gasteiger charge is -2.25. The summed E-state index contributed by atoms with van der Waals surface area (Å²) in [6, 6.07) is 5.49. The Morgan fingerprint density at radius 1 is 1.29 bits per heavy atom. The minimum atomic E-state index is -0.0931. The monoisotopic (exact) mass is 237 g/mol. The minimum absolute atomic E-state index is 0.0931. The Bertz CT molecular complexity index is 349. The average Bonchev–Trinajstić information content (AvgIpc) is 2.33. The molecular formula is C15H24FN. The van der Waals surface area contributed by atoms with Crippen LogP contribution >= 0.6 is 0 Å². The Morgan fingerprint density at radius 2 is 2.00 bits per heavy atom. The van der Waals surface area contributed by atoms with E-state index in [1.807, 2.05) is 19.1 Å². The van der Waals surface area contributed by atoms with Crippen molar-refractivity contribution in [2.24, 2.45) is 5.92 Å². The molecular weight excluding hydrogens is 213 g/mol. The summed E-state index contributed by atoms with van der Waals surface area (Å²) in [5, 5.41) is 3.46. The number of rotatable bonds is 6. The number of hydrogen-bond donors (Lipinski definition) is 1. The highest BCUT2D eigenvalue weighted by Gasteiger charge is 2.20. The molecule has 96 valence electrons. The summed E-state index contributed by atoms with van der Waals surface area (Å²) in [5.74, 6) is 0.349. The van der Waals surface area contributed by atoms with Gasteiger partial charge in [-0.1, -0.05) is 44.9 Å². The molecule has 1 nitrogen and oxygen atoms in total. The number of hydrogen-bond acceptors (Lipinski definition) is 1. The van der Waals surface area contributed by atoms with Gasteiger partial charge < -0.3 is 5.32 Å². The van der Waals surface area contributed by atoms with Gasteiger partial charge in [-0.15, -0.1) is 0 Å². The first-order valence-electron chi connectivity index (χ1n) is 6.59. The van der Waals surface area contributed by atoms with E-state index in [4.69, 9.17) is 0 Å². The van der Waals surface area contributed by atoms with Crippen LogP contribution in [0.2, 0.25) is 0 Å². The third-order valence-electron chi connectivity index (χ3n) is 3.31. The van der Waals surface area contributed by atoms with Crippen LogP contribution in [0.4, 0.5) is 4.39 Å². The molecule has 17 heavy (non-hydrogen) atoms. The largest absolute Gasteiger partial charge is 0.310 e. The highest BCUT2D eigenvalue weighted by atomic mass is 19.1. The van der Waals surface area contributed by atoms with Crippen molar-refractivity contribution in [3.05, 3.63) is 35.1 Å². The van der Waals surface area contributed by atoms with Crippen molar-refractivity contribution < 1.29 is 4.39 Å². The molecule has 0 heterocycles. The van der Waals surface area contributed by atoms with Gasteiger partial charge in [0.1, 0.15) is 5.82 Å². The molecule has 0 amide bonds. The van der Waals surface area contributed by atoms with E-state index >= 15 is 0 Å². The maximum absolute atomic E-state index is 13.9. The lowest BCUT2D eigenvalue weighted by Crippen LogP contribution is -2.28. The van der Waals surface area contributed by atoms with Crippen LogP contribution < -0.4 is 5.32 Å². The van der Waals surface area contributed by atoms with Gasteiger partial charge >= 0.3 is 0 Å². The molecule has 2 unspecified atom stereocenters. The predicted molar refractivity (Wildman–Crippen MR) is 71.6 cm³/mol. The van der Waals surface area contributed by atoms with Crippen LogP contribution in [-0.4, -0.2) is 6.54 Å². The molecule has 0 saturated carbocycles. The first-order chi connectivity index (χ1) is 8.10. The van der Waals surface area contributed by atoms with Gasteiger partial charge in [-0.25, -0.2) is 4.39 Å². The zero-order valence-corrected chi connectivity index (χ0v) is 11.4. The lowest BCUT2D eigenvalue weighted by atomic mass is 9.91. The van der Waals surface area contributed by atoms with Crippen molar-refractivity contribution in [2.75, 3.05) is 6.54 Å². The van der Waals surface area contributed by atoms with Gasteiger partial charge in [0, 0.05) is 11.6 Å². The zero-order valence-electron chi connectivity index (χ0n) is 11.4. The normalized spacial score (nSPS) is 14.6. The summed E-state index contributed by atoms with van der Waals surface area (Å²) in [5.41, 5.74) is 1.93. The molecule has 2 atom stereocenters. The molecule has 1 aromatic rings. The molecule has 1 aromatic carbocycles. The second kappa shape index (κ2) is 6.75. The number of nitrogens with one attached hydrogen (secondary N) is 1. The van der Waals surface area contributed by atoms with Crippen molar-refractivity contribution >= 4 is 0 Å². The van der Waals surface area contributed by atoms with E-state index in [9.17, 15) is 4.39 Å². The molecule has 2 heteroatoms. The first kappa shape index (κ1) is 14.2. The van der Waals surface area contributed by atoms with Crippen LogP contribution in [0.25, 0.3) is 0 Å². The van der Waals surface area contributed by atoms with Crippen molar-refractivity contribution in [1.29, 1.82) is 0 Å². The minimum Gasteiger partial charge on any atom is -0.310 e. The van der Waals surface area contributed by atoms with Gasteiger partial charge in [0.15, 0.2) is 0 Å². The zero-order chi connectivity index (χ0) is 12.8. The van der Waals surface area contributed by atoms with Crippen molar-refractivity contribution in [3.8, 4) is 0 Å². The number of benzene rings is 1. The molecule has 1 N–H and O–H groups in total. The summed E-state index contributed by atoms with van der Waals surface area (Å²) < 4.78 is 13.9. The highest BCUT2D eigenvalue weighted by molar-refractivity contribution is 5.27. The molecule has 0 saturated heterocycles. The van der Waals surface area contributed by atoms with Gasteiger partial charge in [0.25, 0.3) is 0 Å².